The molecule has 0 aromatic heterocycles. The van der Waals surface area contributed by atoms with Gasteiger partial charge in [-0.2, -0.15) is 13.2 Å². The number of ether oxygens (including phenoxy) is 3. The fourth-order valence-corrected chi connectivity index (χ4v) is 5.67. The lowest BCUT2D eigenvalue weighted by atomic mass is 9.92. The molecule has 37 heavy (non-hydrogen) atoms. The molecule has 0 spiro atoms. The first-order valence-electron chi connectivity index (χ1n) is 12.7. The molecule has 1 unspecified atom stereocenters. The van der Waals surface area contributed by atoms with E-state index in [0.29, 0.717) is 68.0 Å². The summed E-state index contributed by atoms with van der Waals surface area (Å²) in [6.45, 7) is 3.47. The van der Waals surface area contributed by atoms with Crippen LogP contribution in [-0.4, -0.2) is 48.4 Å². The number of nitrogens with zero attached hydrogens (tertiary/aromatic N) is 1. The molecule has 1 N–H and O–H groups in total. The van der Waals surface area contributed by atoms with E-state index >= 15 is 0 Å². The minimum absolute atomic E-state index is 0.0782. The number of alkyl halides is 3. The number of fused-ring (bicyclic) bond motifs is 2. The Bertz CT molecular complexity index is 1170. The van der Waals surface area contributed by atoms with Crippen molar-refractivity contribution in [3.8, 4) is 11.5 Å². The number of hydrogen-bond donors (Lipinski definition) is 1. The van der Waals surface area contributed by atoms with Crippen molar-refractivity contribution in [2.45, 2.75) is 69.4 Å². The number of piperidine rings is 1. The van der Waals surface area contributed by atoms with E-state index in [1.807, 2.05) is 17.0 Å². The molecule has 0 saturated carbocycles. The standard InChI is InChI=1S/C28H32F3NO5/c1-27(34)9-11-32(12-10-27)15-22-20-6-8-24(21(20)5-7-23(22)28(29,30)31)37-18-3-4-19-17(13-26(33)35-2)16-36-25(19)14-18/h3-5,7,14,17,24,34H,6,8-13,15-16H2,1-2H3/t17?,24-/m1/s1. The fraction of sp³-hybridized carbons (Fsp3) is 0.536. The molecular weight excluding hydrogens is 487 g/mol. The first-order valence-corrected chi connectivity index (χ1v) is 12.7. The summed E-state index contributed by atoms with van der Waals surface area (Å²) >= 11 is 0. The number of methoxy groups -OCH3 is 1. The Morgan fingerprint density at radius 1 is 1.19 bits per heavy atom. The lowest BCUT2D eigenvalue weighted by Crippen LogP contribution is -2.42. The van der Waals surface area contributed by atoms with E-state index in [9.17, 15) is 23.1 Å². The van der Waals surface area contributed by atoms with Crippen LogP contribution in [0, 0.1) is 0 Å². The minimum Gasteiger partial charge on any atom is -0.492 e. The van der Waals surface area contributed by atoms with E-state index < -0.39 is 17.3 Å². The summed E-state index contributed by atoms with van der Waals surface area (Å²) in [5.74, 6) is 0.854. The second kappa shape index (κ2) is 9.83. The maximum atomic E-state index is 14.0. The molecule has 1 aliphatic carbocycles. The minimum atomic E-state index is -4.44. The molecule has 0 amide bonds. The Hall–Kier alpha value is -2.78. The number of likely N-dealkylation sites (tertiary alicyclic amines) is 1. The van der Waals surface area contributed by atoms with Gasteiger partial charge in [-0.15, -0.1) is 0 Å². The lowest BCUT2D eigenvalue weighted by molar-refractivity contribution is -0.141. The number of esters is 1. The smallest absolute Gasteiger partial charge is 0.416 e. The SMILES string of the molecule is COC(=O)CC1COc2cc(O[C@@H]3CCc4c3ccc(C(F)(F)F)c4CN3CCC(C)(O)CC3)ccc21. The van der Waals surface area contributed by atoms with Crippen molar-refractivity contribution in [3.05, 3.63) is 58.1 Å². The van der Waals surface area contributed by atoms with Crippen LogP contribution in [0.25, 0.3) is 0 Å². The van der Waals surface area contributed by atoms with Gasteiger partial charge in [-0.3, -0.25) is 9.69 Å². The summed E-state index contributed by atoms with van der Waals surface area (Å²) in [6, 6.07) is 8.22. The van der Waals surface area contributed by atoms with Crippen molar-refractivity contribution in [1.82, 2.24) is 4.90 Å². The maximum Gasteiger partial charge on any atom is 0.416 e. The van der Waals surface area contributed by atoms with Gasteiger partial charge in [-0.25, -0.2) is 0 Å². The van der Waals surface area contributed by atoms with Crippen molar-refractivity contribution in [2.75, 3.05) is 26.8 Å². The van der Waals surface area contributed by atoms with Crippen LogP contribution in [0.5, 0.6) is 11.5 Å². The van der Waals surface area contributed by atoms with E-state index in [-0.39, 0.29) is 31.0 Å². The normalized spacial score (nSPS) is 22.8. The van der Waals surface area contributed by atoms with Gasteiger partial charge in [0, 0.05) is 37.2 Å². The molecule has 0 radical (unpaired) electrons. The second-order valence-corrected chi connectivity index (χ2v) is 10.6. The van der Waals surface area contributed by atoms with Gasteiger partial charge >= 0.3 is 12.1 Å². The lowest BCUT2D eigenvalue weighted by Gasteiger charge is -2.36. The third-order valence-electron chi connectivity index (χ3n) is 7.88. The summed E-state index contributed by atoms with van der Waals surface area (Å²) in [5.41, 5.74) is 1.39. The fourth-order valence-electron chi connectivity index (χ4n) is 5.67. The first-order chi connectivity index (χ1) is 17.5. The first kappa shape index (κ1) is 25.9. The van der Waals surface area contributed by atoms with E-state index in [0.717, 1.165) is 11.1 Å². The molecule has 1 fully saturated rings. The van der Waals surface area contributed by atoms with Gasteiger partial charge in [0.2, 0.25) is 0 Å². The average molecular weight is 520 g/mol. The van der Waals surface area contributed by atoms with E-state index in [1.54, 1.807) is 19.1 Å². The molecule has 0 bridgehead atoms. The van der Waals surface area contributed by atoms with Crippen LogP contribution in [0.2, 0.25) is 0 Å². The largest absolute Gasteiger partial charge is 0.492 e. The summed E-state index contributed by atoms with van der Waals surface area (Å²) in [6.07, 6.45) is -2.40. The molecule has 5 rings (SSSR count). The number of hydrogen-bond acceptors (Lipinski definition) is 6. The maximum absolute atomic E-state index is 14.0. The highest BCUT2D eigenvalue weighted by atomic mass is 19.4. The highest BCUT2D eigenvalue weighted by Gasteiger charge is 2.39. The van der Waals surface area contributed by atoms with Crippen LogP contribution in [0.1, 0.15) is 72.4 Å². The zero-order valence-corrected chi connectivity index (χ0v) is 21.1. The zero-order valence-electron chi connectivity index (χ0n) is 21.1. The monoisotopic (exact) mass is 519 g/mol. The van der Waals surface area contributed by atoms with Crippen LogP contribution in [0.4, 0.5) is 13.2 Å². The molecule has 2 atom stereocenters. The predicted octanol–water partition coefficient (Wildman–Crippen LogP) is 5.16. The number of benzene rings is 2. The Morgan fingerprint density at radius 2 is 1.92 bits per heavy atom. The van der Waals surface area contributed by atoms with E-state index in [2.05, 4.69) is 0 Å². The van der Waals surface area contributed by atoms with Crippen LogP contribution in [0.3, 0.4) is 0 Å². The summed E-state index contributed by atoms with van der Waals surface area (Å²) < 4.78 is 58.7. The Morgan fingerprint density at radius 3 is 2.62 bits per heavy atom. The quantitative estimate of drug-likeness (QED) is 0.532. The third kappa shape index (κ3) is 5.43. The van der Waals surface area contributed by atoms with Gasteiger partial charge in [0.05, 0.1) is 31.3 Å². The number of aliphatic hydroxyl groups is 1. The van der Waals surface area contributed by atoms with Gasteiger partial charge in [-0.1, -0.05) is 12.1 Å². The zero-order chi connectivity index (χ0) is 26.4. The molecule has 2 aromatic carbocycles. The number of rotatable bonds is 6. The molecule has 2 heterocycles. The highest BCUT2D eigenvalue weighted by Crippen LogP contribution is 2.44. The second-order valence-electron chi connectivity index (χ2n) is 10.6. The number of carbonyl (C=O) groups excluding carboxylic acids is 1. The van der Waals surface area contributed by atoms with Gasteiger partial charge in [0.1, 0.15) is 17.6 Å². The van der Waals surface area contributed by atoms with Gasteiger partial charge in [0.25, 0.3) is 0 Å². The average Bonchev–Trinajstić information content (AvgIpc) is 3.44. The van der Waals surface area contributed by atoms with Crippen LogP contribution >= 0.6 is 0 Å². The van der Waals surface area contributed by atoms with Crippen molar-refractivity contribution < 1.29 is 37.3 Å². The number of carbonyl (C=O) groups is 1. The Kier molecular flexibility index (Phi) is 6.87. The van der Waals surface area contributed by atoms with E-state index in [4.69, 9.17) is 14.2 Å². The van der Waals surface area contributed by atoms with Crippen molar-refractivity contribution in [3.63, 3.8) is 0 Å². The van der Waals surface area contributed by atoms with Crippen LogP contribution < -0.4 is 9.47 Å². The number of halogens is 3. The summed E-state index contributed by atoms with van der Waals surface area (Å²) in [5, 5.41) is 10.2. The van der Waals surface area contributed by atoms with Crippen LogP contribution in [0.15, 0.2) is 30.3 Å². The Labute approximate surface area is 214 Å². The molecule has 200 valence electrons. The molecular formula is C28H32F3NO5. The van der Waals surface area contributed by atoms with Gasteiger partial charge in [0.15, 0.2) is 0 Å². The molecule has 6 nitrogen and oxygen atoms in total. The van der Waals surface area contributed by atoms with E-state index in [1.165, 1.54) is 13.2 Å². The van der Waals surface area contributed by atoms with Crippen molar-refractivity contribution >= 4 is 5.97 Å². The summed E-state index contributed by atoms with van der Waals surface area (Å²) in [7, 11) is 1.36. The molecule has 9 heteroatoms. The molecule has 2 aliphatic heterocycles. The molecule has 1 saturated heterocycles. The van der Waals surface area contributed by atoms with Crippen molar-refractivity contribution in [2.24, 2.45) is 0 Å². The van der Waals surface area contributed by atoms with Gasteiger partial charge < -0.3 is 19.3 Å². The topological polar surface area (TPSA) is 68.2 Å². The molecule has 3 aliphatic rings. The van der Waals surface area contributed by atoms with Crippen LogP contribution in [-0.2, 0) is 28.7 Å². The Balaban J connectivity index is 1.36. The summed E-state index contributed by atoms with van der Waals surface area (Å²) in [4.78, 5) is 13.7. The third-order valence-corrected chi connectivity index (χ3v) is 7.88. The van der Waals surface area contributed by atoms with Gasteiger partial charge in [-0.05, 0) is 61.4 Å². The predicted molar refractivity (Wildman–Crippen MR) is 130 cm³/mol. The van der Waals surface area contributed by atoms with Crippen molar-refractivity contribution in [1.29, 1.82) is 0 Å². The molecule has 2 aromatic rings. The highest BCUT2D eigenvalue weighted by molar-refractivity contribution is 5.71.